The summed E-state index contributed by atoms with van der Waals surface area (Å²) in [5.74, 6) is -0.424. The van der Waals surface area contributed by atoms with Crippen LogP contribution in [0.15, 0.2) is 30.6 Å². The zero-order valence-corrected chi connectivity index (χ0v) is 10.4. The molecule has 0 amide bonds. The van der Waals surface area contributed by atoms with Crippen LogP contribution in [0.5, 0.6) is 0 Å². The van der Waals surface area contributed by atoms with Crippen molar-refractivity contribution in [1.82, 2.24) is 9.78 Å². The van der Waals surface area contributed by atoms with Gasteiger partial charge in [-0.1, -0.05) is 17.7 Å². The predicted molar refractivity (Wildman–Crippen MR) is 68.0 cm³/mol. The molecule has 1 aromatic carbocycles. The molecule has 0 aliphatic heterocycles. The lowest BCUT2D eigenvalue weighted by Gasteiger charge is -2.04. The number of anilines is 1. The minimum atomic E-state index is -0.424. The molecule has 1 aromatic heterocycles. The van der Waals surface area contributed by atoms with Crippen LogP contribution in [0.1, 0.15) is 5.56 Å². The average Bonchev–Trinajstić information content (AvgIpc) is 2.79. The highest BCUT2D eigenvalue weighted by Gasteiger charge is 2.02. The molecule has 2 rings (SSSR count). The minimum Gasteiger partial charge on any atom is -0.394 e. The van der Waals surface area contributed by atoms with Gasteiger partial charge in [-0.2, -0.15) is 5.10 Å². The minimum absolute atomic E-state index is 0.0452. The van der Waals surface area contributed by atoms with Gasteiger partial charge in [0.15, 0.2) is 0 Å². The van der Waals surface area contributed by atoms with Gasteiger partial charge in [-0.25, -0.2) is 4.39 Å². The summed E-state index contributed by atoms with van der Waals surface area (Å²) in [5.41, 5.74) is 1.62. The van der Waals surface area contributed by atoms with Crippen molar-refractivity contribution in [3.63, 3.8) is 0 Å². The second-order valence-electron chi connectivity index (χ2n) is 3.82. The molecule has 2 N–H and O–H groups in total. The Morgan fingerprint density at radius 2 is 2.28 bits per heavy atom. The van der Waals surface area contributed by atoms with Crippen molar-refractivity contribution < 1.29 is 9.50 Å². The summed E-state index contributed by atoms with van der Waals surface area (Å²) >= 11 is 5.60. The lowest BCUT2D eigenvalue weighted by Crippen LogP contribution is -2.02. The molecule has 1 heterocycles. The third-order valence-corrected chi connectivity index (χ3v) is 2.75. The molecule has 0 fully saturated rings. The van der Waals surface area contributed by atoms with Crippen LogP contribution in [0.2, 0.25) is 5.02 Å². The fourth-order valence-electron chi connectivity index (χ4n) is 1.53. The topological polar surface area (TPSA) is 50.1 Å². The smallest absolute Gasteiger partial charge is 0.142 e. The summed E-state index contributed by atoms with van der Waals surface area (Å²) in [4.78, 5) is 0. The molecule has 18 heavy (non-hydrogen) atoms. The van der Waals surface area contributed by atoms with E-state index in [0.29, 0.717) is 13.1 Å². The lowest BCUT2D eigenvalue weighted by atomic mass is 10.2. The largest absolute Gasteiger partial charge is 0.394 e. The zero-order valence-electron chi connectivity index (χ0n) is 9.61. The molecule has 4 nitrogen and oxygen atoms in total. The number of rotatable bonds is 5. The summed E-state index contributed by atoms with van der Waals surface area (Å²) in [6.07, 6.45) is 3.43. The molecule has 0 atom stereocenters. The highest BCUT2D eigenvalue weighted by atomic mass is 35.5. The van der Waals surface area contributed by atoms with Crippen molar-refractivity contribution >= 4 is 17.3 Å². The summed E-state index contributed by atoms with van der Waals surface area (Å²) in [5, 5.41) is 16.0. The Morgan fingerprint density at radius 3 is 3.00 bits per heavy atom. The second-order valence-corrected chi connectivity index (χ2v) is 4.22. The van der Waals surface area contributed by atoms with Gasteiger partial charge in [0, 0.05) is 12.7 Å². The number of hydrogen-bond acceptors (Lipinski definition) is 3. The van der Waals surface area contributed by atoms with Gasteiger partial charge in [0.1, 0.15) is 5.82 Å². The number of aliphatic hydroxyl groups excluding tert-OH is 1. The van der Waals surface area contributed by atoms with Crippen LogP contribution in [-0.4, -0.2) is 21.5 Å². The maximum Gasteiger partial charge on any atom is 0.142 e. The van der Waals surface area contributed by atoms with Gasteiger partial charge in [-0.15, -0.1) is 0 Å². The van der Waals surface area contributed by atoms with Crippen LogP contribution in [0.3, 0.4) is 0 Å². The van der Waals surface area contributed by atoms with Gasteiger partial charge in [0.2, 0.25) is 0 Å². The second kappa shape index (κ2) is 5.84. The first-order chi connectivity index (χ1) is 8.69. The normalized spacial score (nSPS) is 10.6. The molecule has 0 spiro atoms. The van der Waals surface area contributed by atoms with E-state index in [1.54, 1.807) is 23.1 Å². The SMILES string of the molecule is OCCn1cc(NCc2ccc(Cl)c(F)c2)cn1. The Bertz CT molecular complexity index is 530. The molecule has 2 aromatic rings. The molecule has 6 heteroatoms. The number of aliphatic hydroxyl groups is 1. The molecule has 0 radical (unpaired) electrons. The van der Waals surface area contributed by atoms with Gasteiger partial charge >= 0.3 is 0 Å². The first kappa shape index (κ1) is 12.9. The monoisotopic (exact) mass is 269 g/mol. The van der Waals surface area contributed by atoms with Crippen molar-refractivity contribution in [3.8, 4) is 0 Å². The van der Waals surface area contributed by atoms with Gasteiger partial charge in [0.05, 0.1) is 30.1 Å². The zero-order chi connectivity index (χ0) is 13.0. The van der Waals surface area contributed by atoms with E-state index in [4.69, 9.17) is 16.7 Å². The molecule has 0 aliphatic carbocycles. The number of halogens is 2. The fourth-order valence-corrected chi connectivity index (χ4v) is 1.65. The van der Waals surface area contributed by atoms with E-state index in [-0.39, 0.29) is 11.6 Å². The van der Waals surface area contributed by atoms with Crippen molar-refractivity contribution in [3.05, 3.63) is 47.0 Å². The van der Waals surface area contributed by atoms with E-state index in [1.165, 1.54) is 12.1 Å². The molecular weight excluding hydrogens is 257 g/mol. The van der Waals surface area contributed by atoms with Crippen LogP contribution >= 0.6 is 11.6 Å². The molecule has 0 bridgehead atoms. The van der Waals surface area contributed by atoms with Crippen molar-refractivity contribution in [1.29, 1.82) is 0 Å². The Morgan fingerprint density at radius 1 is 1.44 bits per heavy atom. The van der Waals surface area contributed by atoms with E-state index < -0.39 is 5.82 Å². The number of nitrogens with one attached hydrogen (secondary N) is 1. The van der Waals surface area contributed by atoms with Crippen molar-refractivity contribution in [2.24, 2.45) is 0 Å². The van der Waals surface area contributed by atoms with Gasteiger partial charge in [-0.05, 0) is 17.7 Å². The van der Waals surface area contributed by atoms with Gasteiger partial charge in [-0.3, -0.25) is 4.68 Å². The quantitative estimate of drug-likeness (QED) is 0.876. The van der Waals surface area contributed by atoms with Crippen LogP contribution in [0.25, 0.3) is 0 Å². The molecule has 0 aliphatic rings. The van der Waals surface area contributed by atoms with E-state index in [0.717, 1.165) is 11.3 Å². The van der Waals surface area contributed by atoms with Crippen LogP contribution < -0.4 is 5.32 Å². The van der Waals surface area contributed by atoms with Gasteiger partial charge in [0.25, 0.3) is 0 Å². The molecule has 0 saturated heterocycles. The molecular formula is C12H13ClFN3O. The number of nitrogens with zero attached hydrogens (tertiary/aromatic N) is 2. The first-order valence-electron chi connectivity index (χ1n) is 5.50. The summed E-state index contributed by atoms with van der Waals surface area (Å²) in [6.45, 7) is 0.986. The Kier molecular flexibility index (Phi) is 4.17. The fraction of sp³-hybridized carbons (Fsp3) is 0.250. The summed E-state index contributed by atoms with van der Waals surface area (Å²) in [7, 11) is 0. The summed E-state index contributed by atoms with van der Waals surface area (Å²) in [6, 6.07) is 4.69. The molecule has 96 valence electrons. The van der Waals surface area contributed by atoms with Gasteiger partial charge < -0.3 is 10.4 Å². The molecule has 0 saturated carbocycles. The average molecular weight is 270 g/mol. The van der Waals surface area contributed by atoms with E-state index in [1.807, 2.05) is 0 Å². The van der Waals surface area contributed by atoms with Crippen LogP contribution in [0, 0.1) is 5.82 Å². The Labute approximate surface area is 109 Å². The maximum absolute atomic E-state index is 13.2. The van der Waals surface area contributed by atoms with E-state index >= 15 is 0 Å². The predicted octanol–water partition coefficient (Wildman–Crippen LogP) is 2.28. The maximum atomic E-state index is 13.2. The number of benzene rings is 1. The highest BCUT2D eigenvalue weighted by Crippen LogP contribution is 2.16. The standard InChI is InChI=1S/C12H13ClFN3O/c13-11-2-1-9(5-12(11)14)6-15-10-7-16-17(8-10)3-4-18/h1-2,5,7-8,15,18H,3-4,6H2. The van der Waals surface area contributed by atoms with Crippen LogP contribution in [0.4, 0.5) is 10.1 Å². The number of hydrogen-bond donors (Lipinski definition) is 2. The lowest BCUT2D eigenvalue weighted by molar-refractivity contribution is 0.269. The Hall–Kier alpha value is -1.59. The van der Waals surface area contributed by atoms with E-state index in [9.17, 15) is 4.39 Å². The van der Waals surface area contributed by atoms with Crippen LogP contribution in [-0.2, 0) is 13.1 Å². The van der Waals surface area contributed by atoms with Crippen molar-refractivity contribution in [2.75, 3.05) is 11.9 Å². The Balaban J connectivity index is 1.95. The highest BCUT2D eigenvalue weighted by molar-refractivity contribution is 6.30. The van der Waals surface area contributed by atoms with Crippen molar-refractivity contribution in [2.45, 2.75) is 13.1 Å². The molecule has 0 unspecified atom stereocenters. The third-order valence-electron chi connectivity index (χ3n) is 2.44. The van der Waals surface area contributed by atoms with E-state index in [2.05, 4.69) is 10.4 Å². The third kappa shape index (κ3) is 3.21. The first-order valence-corrected chi connectivity index (χ1v) is 5.88. The summed E-state index contributed by atoms with van der Waals surface area (Å²) < 4.78 is 14.8. The number of aromatic nitrogens is 2.